The molecule has 6 nitrogen and oxygen atoms in total. The van der Waals surface area contributed by atoms with Crippen molar-refractivity contribution in [3.63, 3.8) is 0 Å². The van der Waals surface area contributed by atoms with Crippen molar-refractivity contribution in [1.29, 1.82) is 0 Å². The van der Waals surface area contributed by atoms with Gasteiger partial charge in [0.05, 0.1) is 11.7 Å². The lowest BCUT2D eigenvalue weighted by atomic mass is 9.99. The molecule has 0 unspecified atom stereocenters. The van der Waals surface area contributed by atoms with E-state index < -0.39 is 5.54 Å². The average Bonchev–Trinajstić information content (AvgIpc) is 2.99. The first-order valence-electron chi connectivity index (χ1n) is 5.67. The van der Waals surface area contributed by atoms with Crippen LogP contribution in [-0.2, 0) is 5.54 Å². The van der Waals surface area contributed by atoms with E-state index >= 15 is 0 Å². The molecule has 0 aliphatic heterocycles. The van der Waals surface area contributed by atoms with Gasteiger partial charge in [0.2, 0.25) is 0 Å². The van der Waals surface area contributed by atoms with Gasteiger partial charge in [0, 0.05) is 12.4 Å². The highest BCUT2D eigenvalue weighted by atomic mass is 16.5. The SMILES string of the molecule is NC1(c2noc(-c3cnccn3)n2)CCCC1. The maximum atomic E-state index is 6.25. The van der Waals surface area contributed by atoms with Gasteiger partial charge in [-0.15, -0.1) is 0 Å². The second-order valence-electron chi connectivity index (χ2n) is 4.38. The van der Waals surface area contributed by atoms with Gasteiger partial charge in [0.25, 0.3) is 5.89 Å². The summed E-state index contributed by atoms with van der Waals surface area (Å²) in [6.45, 7) is 0. The molecular formula is C11H13N5O. The molecule has 2 N–H and O–H groups in total. The van der Waals surface area contributed by atoms with Crippen molar-refractivity contribution in [3.8, 4) is 11.6 Å². The average molecular weight is 231 g/mol. The Hall–Kier alpha value is -1.82. The van der Waals surface area contributed by atoms with Crippen LogP contribution in [0, 0.1) is 0 Å². The molecule has 0 radical (unpaired) electrons. The molecule has 0 bridgehead atoms. The molecule has 2 aromatic heterocycles. The summed E-state index contributed by atoms with van der Waals surface area (Å²) in [7, 11) is 0. The Morgan fingerprint density at radius 1 is 1.24 bits per heavy atom. The van der Waals surface area contributed by atoms with E-state index in [1.54, 1.807) is 18.6 Å². The van der Waals surface area contributed by atoms with Crippen LogP contribution >= 0.6 is 0 Å². The summed E-state index contributed by atoms with van der Waals surface area (Å²) in [5.41, 5.74) is 6.40. The van der Waals surface area contributed by atoms with Crippen molar-refractivity contribution < 1.29 is 4.52 Å². The van der Waals surface area contributed by atoms with E-state index in [4.69, 9.17) is 10.3 Å². The van der Waals surface area contributed by atoms with E-state index in [9.17, 15) is 0 Å². The number of rotatable bonds is 2. The second kappa shape index (κ2) is 3.89. The molecule has 1 saturated carbocycles. The molecule has 0 saturated heterocycles. The van der Waals surface area contributed by atoms with Gasteiger partial charge in [-0.25, -0.2) is 4.98 Å². The molecule has 88 valence electrons. The predicted molar refractivity (Wildman–Crippen MR) is 59.7 cm³/mol. The Balaban J connectivity index is 1.93. The fraction of sp³-hybridized carbons (Fsp3) is 0.455. The lowest BCUT2D eigenvalue weighted by Crippen LogP contribution is -2.34. The molecule has 6 heteroatoms. The zero-order valence-electron chi connectivity index (χ0n) is 9.33. The molecule has 0 aromatic carbocycles. The fourth-order valence-electron chi connectivity index (χ4n) is 2.17. The Morgan fingerprint density at radius 2 is 2.06 bits per heavy atom. The topological polar surface area (TPSA) is 90.7 Å². The molecule has 3 rings (SSSR count). The highest BCUT2D eigenvalue weighted by Crippen LogP contribution is 2.35. The van der Waals surface area contributed by atoms with E-state index in [0.717, 1.165) is 25.7 Å². The fourth-order valence-corrected chi connectivity index (χ4v) is 2.17. The van der Waals surface area contributed by atoms with Gasteiger partial charge in [-0.05, 0) is 12.8 Å². The Kier molecular flexibility index (Phi) is 2.36. The summed E-state index contributed by atoms with van der Waals surface area (Å²) in [6.07, 6.45) is 8.83. The van der Waals surface area contributed by atoms with Crippen LogP contribution in [0.2, 0.25) is 0 Å². The van der Waals surface area contributed by atoms with Crippen LogP contribution < -0.4 is 5.73 Å². The number of aromatic nitrogens is 4. The van der Waals surface area contributed by atoms with Gasteiger partial charge >= 0.3 is 0 Å². The highest BCUT2D eigenvalue weighted by Gasteiger charge is 2.36. The minimum atomic E-state index is -0.427. The van der Waals surface area contributed by atoms with E-state index in [1.165, 1.54) is 0 Å². The lowest BCUT2D eigenvalue weighted by Gasteiger charge is -2.17. The van der Waals surface area contributed by atoms with Gasteiger partial charge in [0.1, 0.15) is 5.69 Å². The van der Waals surface area contributed by atoms with E-state index in [1.807, 2.05) is 0 Å². The predicted octanol–water partition coefficient (Wildman–Crippen LogP) is 1.25. The van der Waals surface area contributed by atoms with Gasteiger partial charge in [-0.1, -0.05) is 18.0 Å². The molecule has 1 aliphatic rings. The maximum Gasteiger partial charge on any atom is 0.278 e. The summed E-state index contributed by atoms with van der Waals surface area (Å²) in [5.74, 6) is 0.959. The van der Waals surface area contributed by atoms with Crippen molar-refractivity contribution in [2.45, 2.75) is 31.2 Å². The first-order valence-corrected chi connectivity index (χ1v) is 5.67. The summed E-state index contributed by atoms with van der Waals surface area (Å²) < 4.78 is 5.18. The van der Waals surface area contributed by atoms with E-state index in [0.29, 0.717) is 17.4 Å². The third kappa shape index (κ3) is 1.80. The van der Waals surface area contributed by atoms with Gasteiger partial charge in [-0.3, -0.25) is 4.98 Å². The minimum absolute atomic E-state index is 0.379. The van der Waals surface area contributed by atoms with Gasteiger partial charge in [-0.2, -0.15) is 4.98 Å². The summed E-state index contributed by atoms with van der Waals surface area (Å²) >= 11 is 0. The lowest BCUT2D eigenvalue weighted by molar-refractivity contribution is 0.372. The number of nitrogens with two attached hydrogens (primary N) is 1. The maximum absolute atomic E-state index is 6.25. The first-order chi connectivity index (χ1) is 8.28. The smallest absolute Gasteiger partial charge is 0.278 e. The molecule has 0 atom stereocenters. The number of hydrogen-bond acceptors (Lipinski definition) is 6. The molecular weight excluding hydrogens is 218 g/mol. The van der Waals surface area contributed by atoms with Crippen LogP contribution in [0.1, 0.15) is 31.5 Å². The highest BCUT2D eigenvalue weighted by molar-refractivity contribution is 5.43. The summed E-state index contributed by atoms with van der Waals surface area (Å²) in [6, 6.07) is 0. The molecule has 17 heavy (non-hydrogen) atoms. The monoisotopic (exact) mass is 231 g/mol. The minimum Gasteiger partial charge on any atom is -0.332 e. The Labute approximate surface area is 98.3 Å². The van der Waals surface area contributed by atoms with Crippen LogP contribution in [-0.4, -0.2) is 20.1 Å². The van der Waals surface area contributed by atoms with Crippen LogP contribution in [0.4, 0.5) is 0 Å². The zero-order chi connectivity index (χ0) is 11.7. The first kappa shape index (κ1) is 10.3. The van der Waals surface area contributed by atoms with E-state index in [-0.39, 0.29) is 0 Å². The van der Waals surface area contributed by atoms with Crippen molar-refractivity contribution in [1.82, 2.24) is 20.1 Å². The van der Waals surface area contributed by atoms with E-state index in [2.05, 4.69) is 20.1 Å². The van der Waals surface area contributed by atoms with Gasteiger partial charge < -0.3 is 10.3 Å². The summed E-state index contributed by atoms with van der Waals surface area (Å²) in [5, 5.41) is 3.97. The molecule has 1 fully saturated rings. The van der Waals surface area contributed by atoms with Crippen molar-refractivity contribution in [3.05, 3.63) is 24.4 Å². The largest absolute Gasteiger partial charge is 0.332 e. The molecule has 0 amide bonds. The van der Waals surface area contributed by atoms with Crippen LogP contribution in [0.15, 0.2) is 23.1 Å². The third-order valence-corrected chi connectivity index (χ3v) is 3.15. The van der Waals surface area contributed by atoms with Crippen molar-refractivity contribution in [2.24, 2.45) is 5.73 Å². The van der Waals surface area contributed by atoms with Crippen molar-refractivity contribution >= 4 is 0 Å². The molecule has 2 heterocycles. The summed E-state index contributed by atoms with van der Waals surface area (Å²) in [4.78, 5) is 12.4. The van der Waals surface area contributed by atoms with Crippen LogP contribution in [0.25, 0.3) is 11.6 Å². The molecule has 0 spiro atoms. The molecule has 2 aromatic rings. The zero-order valence-corrected chi connectivity index (χ0v) is 9.33. The van der Waals surface area contributed by atoms with Crippen LogP contribution in [0.5, 0.6) is 0 Å². The quantitative estimate of drug-likeness (QED) is 0.836. The van der Waals surface area contributed by atoms with Gasteiger partial charge in [0.15, 0.2) is 5.82 Å². The standard InChI is InChI=1S/C11H13N5O/c12-11(3-1-2-4-11)10-15-9(17-16-10)8-7-13-5-6-14-8/h5-7H,1-4,12H2. The normalized spacial score (nSPS) is 18.4. The van der Waals surface area contributed by atoms with Crippen molar-refractivity contribution in [2.75, 3.05) is 0 Å². The number of nitrogens with zero attached hydrogens (tertiary/aromatic N) is 4. The number of hydrogen-bond donors (Lipinski definition) is 1. The molecule has 1 aliphatic carbocycles. The Morgan fingerprint density at radius 3 is 2.76 bits per heavy atom. The third-order valence-electron chi connectivity index (χ3n) is 3.15. The van der Waals surface area contributed by atoms with Crippen LogP contribution in [0.3, 0.4) is 0 Å². The second-order valence-corrected chi connectivity index (χ2v) is 4.38. The Bertz CT molecular complexity index is 504.